The van der Waals surface area contributed by atoms with Crippen molar-refractivity contribution < 1.29 is 4.74 Å². The van der Waals surface area contributed by atoms with Gasteiger partial charge in [-0.2, -0.15) is 0 Å². The van der Waals surface area contributed by atoms with Gasteiger partial charge in [-0.25, -0.2) is 4.98 Å². The fraction of sp³-hybridized carbons (Fsp3) is 0.471. The summed E-state index contributed by atoms with van der Waals surface area (Å²) in [6, 6.07) is 8.40. The summed E-state index contributed by atoms with van der Waals surface area (Å²) in [5.74, 6) is 0.941. The molecule has 0 unspecified atom stereocenters. The number of rotatable bonds is 5. The summed E-state index contributed by atoms with van der Waals surface area (Å²) in [4.78, 5) is 7.38. The number of imidazole rings is 1. The summed E-state index contributed by atoms with van der Waals surface area (Å²) in [5.41, 5.74) is 3.81. The summed E-state index contributed by atoms with van der Waals surface area (Å²) < 4.78 is 5.77. The summed E-state index contributed by atoms with van der Waals surface area (Å²) in [7, 11) is 0. The number of nitrogens with one attached hydrogen (secondary N) is 1. The predicted octanol–water partition coefficient (Wildman–Crippen LogP) is 4.03. The molecule has 0 saturated carbocycles. The van der Waals surface area contributed by atoms with Crippen molar-refractivity contribution in [2.75, 3.05) is 6.61 Å². The molecule has 0 aliphatic carbocycles. The monoisotopic (exact) mass is 272 g/mol. The second-order valence-electron chi connectivity index (χ2n) is 6.20. The molecule has 2 rings (SSSR count). The molecule has 0 spiro atoms. The first-order chi connectivity index (χ1) is 9.47. The quantitative estimate of drug-likeness (QED) is 0.835. The molecule has 0 radical (unpaired) electrons. The molecule has 2 aromatic rings. The van der Waals surface area contributed by atoms with Crippen molar-refractivity contribution in [1.82, 2.24) is 9.97 Å². The fourth-order valence-corrected chi connectivity index (χ4v) is 2.12. The minimum Gasteiger partial charge on any atom is -0.494 e. The van der Waals surface area contributed by atoms with Gasteiger partial charge in [0.1, 0.15) is 5.75 Å². The Kier molecular flexibility index (Phi) is 4.48. The average Bonchev–Trinajstić information content (AvgIpc) is 2.80. The summed E-state index contributed by atoms with van der Waals surface area (Å²) in [6.07, 6.45) is 3.68. The number of aromatic amines is 1. The molecule has 0 atom stereocenters. The van der Waals surface area contributed by atoms with Gasteiger partial charge in [-0.1, -0.05) is 32.9 Å². The van der Waals surface area contributed by atoms with Gasteiger partial charge in [-0.3, -0.25) is 0 Å². The van der Waals surface area contributed by atoms with Crippen molar-refractivity contribution in [2.45, 2.75) is 46.0 Å². The van der Waals surface area contributed by atoms with E-state index >= 15 is 0 Å². The van der Waals surface area contributed by atoms with Crippen molar-refractivity contribution >= 4 is 0 Å². The maximum Gasteiger partial charge on any atom is 0.119 e. The summed E-state index contributed by atoms with van der Waals surface area (Å²) in [5, 5.41) is 0. The molecule has 1 aromatic heterocycles. The van der Waals surface area contributed by atoms with Crippen molar-refractivity contribution in [3.05, 3.63) is 47.5 Å². The standard InChI is InChI=1S/C17H24N2O/c1-13-16(19-12-18-13)6-5-11-20-15-9-7-14(8-10-15)17(2,3)4/h7-10,12H,5-6,11H2,1-4H3,(H,18,19). The highest BCUT2D eigenvalue weighted by Crippen LogP contribution is 2.24. The van der Waals surface area contributed by atoms with Crippen LogP contribution in [0, 0.1) is 6.92 Å². The molecule has 1 heterocycles. The Labute approximate surface area is 121 Å². The van der Waals surface area contributed by atoms with E-state index in [0.717, 1.165) is 36.6 Å². The maximum absolute atomic E-state index is 5.77. The Bertz CT molecular complexity index is 535. The largest absolute Gasteiger partial charge is 0.494 e. The number of aromatic nitrogens is 2. The van der Waals surface area contributed by atoms with E-state index in [4.69, 9.17) is 4.74 Å². The van der Waals surface area contributed by atoms with Gasteiger partial charge in [0.15, 0.2) is 0 Å². The van der Waals surface area contributed by atoms with Gasteiger partial charge >= 0.3 is 0 Å². The van der Waals surface area contributed by atoms with Crippen LogP contribution in [0.25, 0.3) is 0 Å². The zero-order valence-corrected chi connectivity index (χ0v) is 12.9. The topological polar surface area (TPSA) is 37.9 Å². The summed E-state index contributed by atoms with van der Waals surface area (Å²) in [6.45, 7) is 9.43. The third-order valence-electron chi connectivity index (χ3n) is 3.48. The van der Waals surface area contributed by atoms with Gasteiger partial charge in [-0.15, -0.1) is 0 Å². The SMILES string of the molecule is Cc1[nH]cnc1CCCOc1ccc(C(C)(C)C)cc1. The highest BCUT2D eigenvalue weighted by atomic mass is 16.5. The van der Waals surface area contributed by atoms with Crippen LogP contribution in [0.5, 0.6) is 5.75 Å². The molecule has 1 N–H and O–H groups in total. The maximum atomic E-state index is 5.77. The number of hydrogen-bond acceptors (Lipinski definition) is 2. The smallest absolute Gasteiger partial charge is 0.119 e. The van der Waals surface area contributed by atoms with E-state index in [1.54, 1.807) is 6.33 Å². The molecule has 3 nitrogen and oxygen atoms in total. The Morgan fingerprint density at radius 3 is 2.40 bits per heavy atom. The molecule has 3 heteroatoms. The molecule has 20 heavy (non-hydrogen) atoms. The minimum atomic E-state index is 0.190. The van der Waals surface area contributed by atoms with Crippen LogP contribution >= 0.6 is 0 Å². The van der Waals surface area contributed by atoms with Gasteiger partial charge in [-0.05, 0) is 42.9 Å². The van der Waals surface area contributed by atoms with Gasteiger partial charge in [0.2, 0.25) is 0 Å². The molecular formula is C17H24N2O. The van der Waals surface area contributed by atoms with Crippen LogP contribution in [-0.2, 0) is 11.8 Å². The van der Waals surface area contributed by atoms with Crippen molar-refractivity contribution in [3.63, 3.8) is 0 Å². The first-order valence-corrected chi connectivity index (χ1v) is 7.19. The van der Waals surface area contributed by atoms with E-state index in [-0.39, 0.29) is 5.41 Å². The molecule has 0 saturated heterocycles. The van der Waals surface area contributed by atoms with E-state index in [1.165, 1.54) is 5.56 Å². The third kappa shape index (κ3) is 3.86. The van der Waals surface area contributed by atoms with Crippen LogP contribution in [0.4, 0.5) is 0 Å². The van der Waals surface area contributed by atoms with Gasteiger partial charge in [0, 0.05) is 5.69 Å². The lowest BCUT2D eigenvalue weighted by Gasteiger charge is -2.19. The van der Waals surface area contributed by atoms with E-state index in [2.05, 4.69) is 61.9 Å². The molecule has 0 bridgehead atoms. The summed E-state index contributed by atoms with van der Waals surface area (Å²) >= 11 is 0. The average molecular weight is 272 g/mol. The third-order valence-corrected chi connectivity index (χ3v) is 3.48. The molecule has 0 amide bonds. The first-order valence-electron chi connectivity index (χ1n) is 7.19. The normalized spacial score (nSPS) is 11.6. The van der Waals surface area contributed by atoms with Gasteiger partial charge in [0.25, 0.3) is 0 Å². The number of nitrogens with zero attached hydrogens (tertiary/aromatic N) is 1. The number of ether oxygens (including phenoxy) is 1. The van der Waals surface area contributed by atoms with Crippen molar-refractivity contribution in [1.29, 1.82) is 0 Å². The second kappa shape index (κ2) is 6.12. The van der Waals surface area contributed by atoms with E-state index in [0.29, 0.717) is 0 Å². The predicted molar refractivity (Wildman–Crippen MR) is 82.3 cm³/mol. The highest BCUT2D eigenvalue weighted by molar-refractivity contribution is 5.31. The Balaban J connectivity index is 1.78. The second-order valence-corrected chi connectivity index (χ2v) is 6.20. The van der Waals surface area contributed by atoms with Gasteiger partial charge < -0.3 is 9.72 Å². The highest BCUT2D eigenvalue weighted by Gasteiger charge is 2.12. The van der Waals surface area contributed by atoms with Gasteiger partial charge in [0.05, 0.1) is 18.6 Å². The molecule has 1 aromatic carbocycles. The zero-order valence-electron chi connectivity index (χ0n) is 12.9. The number of H-pyrrole nitrogens is 1. The van der Waals surface area contributed by atoms with Crippen LogP contribution in [0.1, 0.15) is 44.1 Å². The molecular weight excluding hydrogens is 248 g/mol. The Hall–Kier alpha value is -1.77. The molecule has 108 valence electrons. The Morgan fingerprint density at radius 2 is 1.85 bits per heavy atom. The lowest BCUT2D eigenvalue weighted by atomic mass is 9.87. The lowest BCUT2D eigenvalue weighted by Crippen LogP contribution is -2.10. The van der Waals surface area contributed by atoms with Crippen molar-refractivity contribution in [3.8, 4) is 5.75 Å². The molecule has 0 aliphatic rings. The first kappa shape index (κ1) is 14.6. The number of aryl methyl sites for hydroxylation is 2. The lowest BCUT2D eigenvalue weighted by molar-refractivity contribution is 0.310. The number of benzene rings is 1. The van der Waals surface area contributed by atoms with E-state index < -0.39 is 0 Å². The zero-order chi connectivity index (χ0) is 14.6. The van der Waals surface area contributed by atoms with Crippen LogP contribution in [0.15, 0.2) is 30.6 Å². The minimum absolute atomic E-state index is 0.190. The van der Waals surface area contributed by atoms with Crippen LogP contribution < -0.4 is 4.74 Å². The van der Waals surface area contributed by atoms with E-state index in [9.17, 15) is 0 Å². The fourth-order valence-electron chi connectivity index (χ4n) is 2.12. The van der Waals surface area contributed by atoms with E-state index in [1.807, 2.05) is 0 Å². The number of hydrogen-bond donors (Lipinski definition) is 1. The molecule has 0 aliphatic heterocycles. The van der Waals surface area contributed by atoms with Crippen molar-refractivity contribution in [2.24, 2.45) is 0 Å². The molecule has 0 fully saturated rings. The van der Waals surface area contributed by atoms with Crippen LogP contribution in [0.2, 0.25) is 0 Å². The van der Waals surface area contributed by atoms with Crippen LogP contribution in [-0.4, -0.2) is 16.6 Å². The Morgan fingerprint density at radius 1 is 1.15 bits per heavy atom. The van der Waals surface area contributed by atoms with Crippen LogP contribution in [0.3, 0.4) is 0 Å².